The van der Waals surface area contributed by atoms with E-state index in [1.807, 2.05) is 39.4 Å². The normalized spacial score (nSPS) is 17.0. The average Bonchev–Trinajstić information content (AvgIpc) is 3.41. The first-order valence-electron chi connectivity index (χ1n) is 11.9. The van der Waals surface area contributed by atoms with Gasteiger partial charge in [0.2, 0.25) is 5.91 Å². The van der Waals surface area contributed by atoms with Gasteiger partial charge in [-0.1, -0.05) is 29.8 Å². The molecule has 0 aliphatic carbocycles. The third kappa shape index (κ3) is 5.46. The van der Waals surface area contributed by atoms with Gasteiger partial charge in [-0.3, -0.25) is 14.6 Å². The molecule has 4 heterocycles. The molecular weight excluding hydrogens is 484 g/mol. The van der Waals surface area contributed by atoms with Gasteiger partial charge in [0.25, 0.3) is 5.91 Å². The van der Waals surface area contributed by atoms with E-state index >= 15 is 0 Å². The molecule has 182 valence electrons. The maximum Gasteiger partial charge on any atom is 0.273 e. The van der Waals surface area contributed by atoms with Crippen molar-refractivity contribution in [2.24, 2.45) is 0 Å². The summed E-state index contributed by atoms with van der Waals surface area (Å²) in [4.78, 5) is 44.9. The van der Waals surface area contributed by atoms with Crippen LogP contribution in [0, 0.1) is 0 Å². The maximum atomic E-state index is 13.0. The number of carbonyl (C=O) groups excluding carboxylic acids is 2. The average molecular weight is 511 g/mol. The van der Waals surface area contributed by atoms with E-state index in [9.17, 15) is 9.59 Å². The van der Waals surface area contributed by atoms with E-state index in [-0.39, 0.29) is 17.7 Å². The molecule has 2 fully saturated rings. The summed E-state index contributed by atoms with van der Waals surface area (Å²) >= 11 is 7.77. The second-order valence-corrected chi connectivity index (χ2v) is 10.1. The summed E-state index contributed by atoms with van der Waals surface area (Å²) in [6, 6.07) is 7.49. The van der Waals surface area contributed by atoms with Crippen LogP contribution in [0.4, 0.5) is 5.82 Å². The highest BCUT2D eigenvalue weighted by atomic mass is 35.5. The molecule has 2 aliphatic heterocycles. The van der Waals surface area contributed by atoms with Crippen LogP contribution >= 0.6 is 22.9 Å². The number of hydrogen-bond donors (Lipinski definition) is 0. The van der Waals surface area contributed by atoms with Crippen molar-refractivity contribution in [2.75, 3.05) is 44.2 Å². The highest BCUT2D eigenvalue weighted by Gasteiger charge is 2.28. The number of thiazole rings is 1. The number of amides is 2. The zero-order valence-corrected chi connectivity index (χ0v) is 20.9. The molecular formula is C25H27ClN6O2S. The molecule has 0 atom stereocenters. The Bertz CT molecular complexity index is 1170. The van der Waals surface area contributed by atoms with Crippen LogP contribution in [0.1, 0.15) is 39.8 Å². The summed E-state index contributed by atoms with van der Waals surface area (Å²) < 4.78 is 0. The monoisotopic (exact) mass is 510 g/mol. The lowest BCUT2D eigenvalue weighted by atomic mass is 9.97. The minimum Gasteiger partial charge on any atom is -0.352 e. The van der Waals surface area contributed by atoms with Crippen LogP contribution in [-0.2, 0) is 11.2 Å². The number of piperazine rings is 1. The van der Waals surface area contributed by atoms with Crippen LogP contribution in [0.5, 0.6) is 0 Å². The molecule has 10 heteroatoms. The number of benzene rings is 1. The molecule has 35 heavy (non-hydrogen) atoms. The van der Waals surface area contributed by atoms with Gasteiger partial charge in [0.1, 0.15) is 11.5 Å². The predicted molar refractivity (Wildman–Crippen MR) is 136 cm³/mol. The molecule has 0 saturated carbocycles. The van der Waals surface area contributed by atoms with Crippen molar-refractivity contribution in [3.8, 4) is 0 Å². The Morgan fingerprint density at radius 3 is 2.49 bits per heavy atom. The second-order valence-electron chi connectivity index (χ2n) is 8.84. The number of rotatable bonds is 5. The summed E-state index contributed by atoms with van der Waals surface area (Å²) in [5.41, 5.74) is 1.39. The molecule has 0 bridgehead atoms. The van der Waals surface area contributed by atoms with Crippen LogP contribution in [0.15, 0.2) is 48.2 Å². The quantitative estimate of drug-likeness (QED) is 0.522. The Kier molecular flexibility index (Phi) is 7.24. The molecule has 0 spiro atoms. The molecule has 8 nitrogen and oxygen atoms in total. The number of nitrogens with zero attached hydrogens (tertiary/aromatic N) is 6. The number of hydrogen-bond acceptors (Lipinski definition) is 7. The van der Waals surface area contributed by atoms with Crippen LogP contribution in [0.2, 0.25) is 5.02 Å². The Labute approximate surface area is 213 Å². The summed E-state index contributed by atoms with van der Waals surface area (Å²) in [7, 11) is 0. The Balaban J connectivity index is 1.12. The molecule has 2 aromatic heterocycles. The van der Waals surface area contributed by atoms with Gasteiger partial charge < -0.3 is 14.7 Å². The first-order valence-corrected chi connectivity index (χ1v) is 13.1. The molecule has 0 unspecified atom stereocenters. The number of carbonyl (C=O) groups is 2. The largest absolute Gasteiger partial charge is 0.352 e. The summed E-state index contributed by atoms with van der Waals surface area (Å²) in [5.74, 6) is 1.21. The number of piperidine rings is 1. The van der Waals surface area contributed by atoms with Crippen LogP contribution < -0.4 is 4.90 Å². The van der Waals surface area contributed by atoms with Gasteiger partial charge in [0.15, 0.2) is 0 Å². The van der Waals surface area contributed by atoms with Gasteiger partial charge in [0.05, 0.1) is 17.6 Å². The van der Waals surface area contributed by atoms with Crippen molar-refractivity contribution < 1.29 is 9.59 Å². The van der Waals surface area contributed by atoms with E-state index in [1.54, 1.807) is 29.9 Å². The molecule has 0 radical (unpaired) electrons. The van der Waals surface area contributed by atoms with Crippen LogP contribution in [0.3, 0.4) is 0 Å². The van der Waals surface area contributed by atoms with E-state index in [0.29, 0.717) is 43.3 Å². The van der Waals surface area contributed by atoms with Gasteiger partial charge in [-0.2, -0.15) is 0 Å². The van der Waals surface area contributed by atoms with Crippen molar-refractivity contribution in [2.45, 2.75) is 25.2 Å². The topological polar surface area (TPSA) is 82.5 Å². The van der Waals surface area contributed by atoms with Crippen molar-refractivity contribution in [3.05, 3.63) is 69.5 Å². The number of likely N-dealkylation sites (tertiary alicyclic amines) is 1. The summed E-state index contributed by atoms with van der Waals surface area (Å²) in [6.45, 7) is 4.11. The van der Waals surface area contributed by atoms with Gasteiger partial charge in [-0.15, -0.1) is 11.3 Å². The van der Waals surface area contributed by atoms with Crippen LogP contribution in [0.25, 0.3) is 0 Å². The van der Waals surface area contributed by atoms with E-state index in [0.717, 1.165) is 42.3 Å². The molecule has 2 amide bonds. The molecule has 1 aromatic carbocycles. The van der Waals surface area contributed by atoms with Crippen molar-refractivity contribution in [1.82, 2.24) is 24.8 Å². The molecule has 3 aromatic rings. The fourth-order valence-electron chi connectivity index (χ4n) is 4.62. The predicted octanol–water partition coefficient (Wildman–Crippen LogP) is 3.50. The molecule has 0 N–H and O–H groups in total. The minimum absolute atomic E-state index is 0.0151. The standard InChI is InChI=1S/C25H27ClN6O2S/c26-20-4-2-1-3-19(20)15-23(33)31-9-5-18(6-10-31)24-29-21(17-35-24)25(34)32-13-11-30(12-14-32)22-16-27-7-8-28-22/h1-4,7-8,16-18H,5-6,9-15H2. The fourth-order valence-corrected chi connectivity index (χ4v) is 5.79. The van der Waals surface area contributed by atoms with Gasteiger partial charge in [0, 0.05) is 68.0 Å². The highest BCUT2D eigenvalue weighted by Crippen LogP contribution is 2.31. The van der Waals surface area contributed by atoms with Crippen LogP contribution in [-0.4, -0.2) is 75.8 Å². The molecule has 2 aliphatic rings. The van der Waals surface area contributed by atoms with E-state index in [4.69, 9.17) is 16.6 Å². The minimum atomic E-state index is -0.0151. The smallest absolute Gasteiger partial charge is 0.273 e. The van der Waals surface area contributed by atoms with E-state index < -0.39 is 0 Å². The van der Waals surface area contributed by atoms with Crippen molar-refractivity contribution in [3.63, 3.8) is 0 Å². The van der Waals surface area contributed by atoms with E-state index in [1.165, 1.54) is 0 Å². The highest BCUT2D eigenvalue weighted by molar-refractivity contribution is 7.09. The van der Waals surface area contributed by atoms with Gasteiger partial charge >= 0.3 is 0 Å². The second kappa shape index (κ2) is 10.7. The Morgan fingerprint density at radius 1 is 1.00 bits per heavy atom. The fraction of sp³-hybridized carbons (Fsp3) is 0.400. The Morgan fingerprint density at radius 2 is 1.77 bits per heavy atom. The zero-order chi connectivity index (χ0) is 24.2. The number of halogens is 1. The van der Waals surface area contributed by atoms with Gasteiger partial charge in [-0.25, -0.2) is 9.97 Å². The molecule has 2 saturated heterocycles. The number of anilines is 1. The third-order valence-electron chi connectivity index (χ3n) is 6.68. The Hall–Kier alpha value is -3.04. The van der Waals surface area contributed by atoms with Crippen molar-refractivity contribution >= 4 is 40.6 Å². The third-order valence-corrected chi connectivity index (χ3v) is 8.05. The maximum absolute atomic E-state index is 13.0. The van der Waals surface area contributed by atoms with Crippen molar-refractivity contribution in [1.29, 1.82) is 0 Å². The first kappa shape index (κ1) is 23.7. The lowest BCUT2D eigenvalue weighted by molar-refractivity contribution is -0.131. The SMILES string of the molecule is O=C(Cc1ccccc1Cl)N1CCC(c2nc(C(=O)N3CCN(c4cnccn4)CC3)cs2)CC1. The molecule has 5 rings (SSSR count). The summed E-state index contributed by atoms with van der Waals surface area (Å²) in [6.07, 6.45) is 7.12. The summed E-state index contributed by atoms with van der Waals surface area (Å²) in [5, 5.41) is 3.50. The van der Waals surface area contributed by atoms with Gasteiger partial charge in [-0.05, 0) is 24.5 Å². The lowest BCUT2D eigenvalue weighted by Gasteiger charge is -2.34. The first-order chi connectivity index (χ1) is 17.1. The van der Waals surface area contributed by atoms with E-state index in [2.05, 4.69) is 14.9 Å². The lowest BCUT2D eigenvalue weighted by Crippen LogP contribution is -2.49. The zero-order valence-electron chi connectivity index (χ0n) is 19.3. The number of aromatic nitrogens is 3.